The van der Waals surface area contributed by atoms with Crippen LogP contribution in [0.5, 0.6) is 0 Å². The highest BCUT2D eigenvalue weighted by molar-refractivity contribution is 7.26. The van der Waals surface area contributed by atoms with Crippen LogP contribution in [0.4, 0.5) is 0 Å². The lowest BCUT2D eigenvalue weighted by molar-refractivity contribution is -0.659. The maximum absolute atomic E-state index is 7.65. The van der Waals surface area contributed by atoms with Crippen LogP contribution in [0.25, 0.3) is 127 Å². The molecule has 0 atom stereocenters. The van der Waals surface area contributed by atoms with Crippen molar-refractivity contribution in [2.24, 2.45) is 21.1 Å². The van der Waals surface area contributed by atoms with E-state index in [1.165, 1.54) is 111 Å². The van der Waals surface area contributed by atoms with Crippen molar-refractivity contribution in [3.8, 4) is 33.8 Å². The van der Waals surface area contributed by atoms with E-state index < -0.39 is 6.85 Å². The van der Waals surface area contributed by atoms with Gasteiger partial charge in [0.25, 0.3) is 0 Å². The molecule has 0 fully saturated rings. The van der Waals surface area contributed by atoms with Gasteiger partial charge in [0.2, 0.25) is 17.1 Å². The molecule has 5 nitrogen and oxygen atoms in total. The Morgan fingerprint density at radius 1 is 0.354 bits per heavy atom. The molecule has 0 unspecified atom stereocenters. The SMILES string of the molecule is Cc1ccc(-c2cc3sc4cc5cc(C)ccc5nc4c3c[n+]2C)c(C)c1.Cc1ccccc1-c1cc2sc3ccc4ccccc4c3c2c[n+]1C.[2H]C([2H])([2H])c1ccc(-c2cc3sc4cc5cc(C)ccc5nc4c3c[n+]2C)c(C)c1. The van der Waals surface area contributed by atoms with Gasteiger partial charge in [-0.25, -0.2) is 23.7 Å². The molecule has 15 rings (SSSR count). The normalized spacial score (nSPS) is 12.4. The number of nitrogens with zero attached hydrogens (tertiary/aromatic N) is 5. The number of hydrogen-bond acceptors (Lipinski definition) is 5. The lowest BCUT2D eigenvalue weighted by Crippen LogP contribution is -2.30. The minimum absolute atomic E-state index is 0.375. The summed E-state index contributed by atoms with van der Waals surface area (Å²) >= 11 is 5.47. The van der Waals surface area contributed by atoms with Crippen LogP contribution in [-0.4, -0.2) is 9.97 Å². The largest absolute Gasteiger partial charge is 0.246 e. The van der Waals surface area contributed by atoms with Crippen molar-refractivity contribution < 1.29 is 17.8 Å². The Kier molecular flexibility index (Phi) is 11.8. The molecule has 384 valence electrons. The predicted molar refractivity (Wildman–Crippen MR) is 339 cm³/mol. The molecule has 79 heavy (non-hydrogen) atoms. The molecule has 0 saturated heterocycles. The highest BCUT2D eigenvalue weighted by atomic mass is 32.1. The molecule has 0 spiro atoms. The number of pyridine rings is 5. The van der Waals surface area contributed by atoms with Crippen LogP contribution in [-0.2, 0) is 21.1 Å². The summed E-state index contributed by atoms with van der Waals surface area (Å²) in [5.74, 6) is 0. The molecule has 0 aliphatic heterocycles. The Morgan fingerprint density at radius 2 is 0.810 bits per heavy atom. The van der Waals surface area contributed by atoms with Gasteiger partial charge in [0, 0.05) is 74.0 Å². The Bertz CT molecular complexity index is 5110. The van der Waals surface area contributed by atoms with Crippen LogP contribution < -0.4 is 13.7 Å². The number of benzene rings is 7. The highest BCUT2D eigenvalue weighted by Gasteiger charge is 2.22. The summed E-state index contributed by atoms with van der Waals surface area (Å²) < 4.78 is 37.2. The van der Waals surface area contributed by atoms with Crippen LogP contribution in [0.15, 0.2) is 182 Å². The number of aryl methyl sites for hydroxylation is 10. The molecular weight excluding hydrogens is 1020 g/mol. The first kappa shape index (κ1) is 46.8. The number of thiophene rings is 3. The van der Waals surface area contributed by atoms with Crippen molar-refractivity contribution in [3.05, 3.63) is 221 Å². The zero-order chi connectivity index (χ0) is 56.9. The Balaban J connectivity index is 0.000000116. The van der Waals surface area contributed by atoms with Gasteiger partial charge >= 0.3 is 0 Å². The average Bonchev–Trinajstić information content (AvgIpc) is 3.76. The van der Waals surface area contributed by atoms with E-state index in [0.717, 1.165) is 49.7 Å². The first-order valence-electron chi connectivity index (χ1n) is 28.2. The molecule has 0 radical (unpaired) electrons. The number of aromatic nitrogens is 5. The van der Waals surface area contributed by atoms with Gasteiger partial charge in [0.05, 0.1) is 47.6 Å². The van der Waals surface area contributed by atoms with Gasteiger partial charge in [-0.05, 0) is 137 Å². The maximum atomic E-state index is 7.65. The molecule has 15 aromatic rings. The smallest absolute Gasteiger partial charge is 0.213 e. The third-order valence-electron chi connectivity index (χ3n) is 15.5. The molecule has 7 aromatic carbocycles. The molecule has 0 aliphatic carbocycles. The topological polar surface area (TPSA) is 37.4 Å². The summed E-state index contributed by atoms with van der Waals surface area (Å²) in [6.45, 7) is 10.6. The second-order valence-electron chi connectivity index (χ2n) is 21.3. The molecule has 8 heteroatoms. The van der Waals surface area contributed by atoms with Crippen molar-refractivity contribution in [1.82, 2.24) is 9.97 Å². The van der Waals surface area contributed by atoms with E-state index in [-0.39, 0.29) is 0 Å². The van der Waals surface area contributed by atoms with E-state index in [2.05, 4.69) is 227 Å². The summed E-state index contributed by atoms with van der Waals surface area (Å²) in [6.07, 6.45) is 6.66. The minimum Gasteiger partial charge on any atom is -0.246 e. The van der Waals surface area contributed by atoms with Gasteiger partial charge in [-0.15, -0.1) is 34.0 Å². The minimum atomic E-state index is -2.09. The van der Waals surface area contributed by atoms with Crippen molar-refractivity contribution in [3.63, 3.8) is 0 Å². The Morgan fingerprint density at radius 3 is 1.37 bits per heavy atom. The molecule has 0 saturated carbocycles. The van der Waals surface area contributed by atoms with E-state index >= 15 is 0 Å². The molecule has 8 aromatic heterocycles. The van der Waals surface area contributed by atoms with Gasteiger partial charge in [0.1, 0.15) is 21.1 Å². The molecule has 0 bridgehead atoms. The van der Waals surface area contributed by atoms with Crippen LogP contribution in [0.2, 0.25) is 0 Å². The first-order valence-corrected chi connectivity index (χ1v) is 29.1. The second-order valence-corrected chi connectivity index (χ2v) is 24.6. The summed E-state index contributed by atoms with van der Waals surface area (Å²) in [6, 6.07) is 58.0. The van der Waals surface area contributed by atoms with E-state index in [1.54, 1.807) is 23.5 Å². The third kappa shape index (κ3) is 9.17. The van der Waals surface area contributed by atoms with Gasteiger partial charge in [-0.3, -0.25) is 0 Å². The van der Waals surface area contributed by atoms with Gasteiger partial charge < -0.3 is 0 Å². The number of fused-ring (bicyclic) bond motifs is 13. The lowest BCUT2D eigenvalue weighted by atomic mass is 10.0. The van der Waals surface area contributed by atoms with Gasteiger partial charge in [-0.2, -0.15) is 0 Å². The van der Waals surface area contributed by atoms with Crippen LogP contribution in [0.1, 0.15) is 43.1 Å². The highest BCUT2D eigenvalue weighted by Crippen LogP contribution is 2.41. The molecule has 0 N–H and O–H groups in total. The Hall–Kier alpha value is -8.27. The van der Waals surface area contributed by atoms with E-state index in [9.17, 15) is 0 Å². The van der Waals surface area contributed by atoms with Crippen molar-refractivity contribution in [1.29, 1.82) is 0 Å². The zero-order valence-electron chi connectivity index (χ0n) is 48.8. The van der Waals surface area contributed by atoms with Gasteiger partial charge in [0.15, 0.2) is 18.6 Å². The summed E-state index contributed by atoms with van der Waals surface area (Å²) in [5.41, 5.74) is 19.2. The fourth-order valence-electron chi connectivity index (χ4n) is 11.5. The van der Waals surface area contributed by atoms with Crippen molar-refractivity contribution >= 4 is 127 Å². The molecule has 0 amide bonds. The first-order chi connectivity index (χ1) is 39.4. The van der Waals surface area contributed by atoms with Crippen LogP contribution in [0.3, 0.4) is 0 Å². The Labute approximate surface area is 476 Å². The molecule has 0 aliphatic rings. The quantitative estimate of drug-likeness (QED) is 0.165. The fraction of sp³-hybridized carbons (Fsp3) is 0.141. The summed E-state index contributed by atoms with van der Waals surface area (Å²) in [7, 11) is 6.30. The zero-order valence-corrected chi connectivity index (χ0v) is 48.2. The van der Waals surface area contributed by atoms with E-state index in [1.807, 2.05) is 42.7 Å². The van der Waals surface area contributed by atoms with Gasteiger partial charge in [-0.1, -0.05) is 107 Å². The van der Waals surface area contributed by atoms with Crippen LogP contribution >= 0.6 is 34.0 Å². The number of hydrogen-bond donors (Lipinski definition) is 0. The fourth-order valence-corrected chi connectivity index (χ4v) is 14.8. The third-order valence-corrected chi connectivity index (χ3v) is 18.8. The standard InChI is InChI=1S/2C24H21N2S.C23H18NS/c2*1-14-5-7-18(16(3)9-14)21-12-22-19(13-26(21)4)24-23(27-22)11-17-10-15(2)6-8-20(17)25-24;1-15-7-3-5-9-17(15)20-13-22-19(14-24(20)2)23-18-10-6-4-8-16(18)11-12-21(23)25-22/h2*5-13H,1-4H3;3-14H,1-2H3/q3*+1/i1D3;;. The van der Waals surface area contributed by atoms with Crippen molar-refractivity contribution in [2.45, 2.75) is 48.4 Å². The lowest BCUT2D eigenvalue weighted by Gasteiger charge is -2.05. The summed E-state index contributed by atoms with van der Waals surface area (Å²) in [4.78, 5) is 9.92. The molecule has 8 heterocycles. The predicted octanol–water partition coefficient (Wildman–Crippen LogP) is 18.0. The average molecular weight is 1080 g/mol. The van der Waals surface area contributed by atoms with Crippen molar-refractivity contribution in [2.75, 3.05) is 0 Å². The van der Waals surface area contributed by atoms with E-state index in [4.69, 9.17) is 14.1 Å². The second kappa shape index (κ2) is 19.9. The van der Waals surface area contributed by atoms with E-state index in [0.29, 0.717) is 5.56 Å². The summed E-state index contributed by atoms with van der Waals surface area (Å²) in [5, 5.41) is 10.1. The monoisotopic (exact) mass is 1080 g/mol. The molecular formula is C71H60N5S3+3. The van der Waals surface area contributed by atoms with Crippen LogP contribution in [0, 0.1) is 48.4 Å². The number of rotatable bonds is 3. The maximum Gasteiger partial charge on any atom is 0.213 e.